The van der Waals surface area contributed by atoms with Gasteiger partial charge in [0.25, 0.3) is 0 Å². The second-order valence-corrected chi connectivity index (χ2v) is 8.42. The summed E-state index contributed by atoms with van der Waals surface area (Å²) in [5.41, 5.74) is 0.274. The average molecular weight is 397 g/mol. The first kappa shape index (κ1) is 20.6. The number of nitrogens with zero attached hydrogens (tertiary/aromatic N) is 2. The Balaban J connectivity index is 3.58. The summed E-state index contributed by atoms with van der Waals surface area (Å²) in [7, 11) is 2.24. The third-order valence-corrected chi connectivity index (χ3v) is 5.73. The molecule has 0 aromatic rings. The molecule has 0 aliphatic heterocycles. The Morgan fingerprint density at radius 2 is 1.55 bits per heavy atom. The molecule has 0 saturated heterocycles. The van der Waals surface area contributed by atoms with Gasteiger partial charge in [0.1, 0.15) is 0 Å². The fraction of sp³-hybridized carbons (Fsp3) is 1.00. The van der Waals surface area contributed by atoms with E-state index in [0.717, 1.165) is 19.0 Å². The van der Waals surface area contributed by atoms with Crippen molar-refractivity contribution < 1.29 is 0 Å². The maximum absolute atomic E-state index is 3.60. The van der Waals surface area contributed by atoms with Crippen LogP contribution in [0.4, 0.5) is 0 Å². The lowest BCUT2D eigenvalue weighted by Crippen LogP contribution is -2.36. The van der Waals surface area contributed by atoms with Crippen LogP contribution in [0.5, 0.6) is 0 Å². The van der Waals surface area contributed by atoms with E-state index in [0.29, 0.717) is 6.04 Å². The van der Waals surface area contributed by atoms with Gasteiger partial charge in [-0.15, -0.1) is 0 Å². The molecule has 0 bridgehead atoms. The number of rotatable bonds is 10. The summed E-state index contributed by atoms with van der Waals surface area (Å²) in [5.74, 6) is 0.722. The Kier molecular flexibility index (Phi) is 10.7. The maximum Gasteiger partial charge on any atom is 0.0220 e. The van der Waals surface area contributed by atoms with Gasteiger partial charge in [-0.25, -0.2) is 3.11 Å². The van der Waals surface area contributed by atoms with Crippen molar-refractivity contribution in [2.75, 3.05) is 33.2 Å². The summed E-state index contributed by atoms with van der Waals surface area (Å²) in [4.78, 5) is 2.45. The highest BCUT2D eigenvalue weighted by atomic mass is 127. The first-order valence-electron chi connectivity index (χ1n) is 8.00. The van der Waals surface area contributed by atoms with Crippen molar-refractivity contribution >= 4 is 22.9 Å². The van der Waals surface area contributed by atoms with Crippen LogP contribution < -0.4 is 5.32 Å². The molecule has 122 valence electrons. The Labute approximate surface area is 141 Å². The Hall–Kier alpha value is 0.610. The summed E-state index contributed by atoms with van der Waals surface area (Å²) in [6.07, 6.45) is 2.48. The second kappa shape index (κ2) is 10.4. The molecule has 4 heteroatoms. The normalized spacial score (nSPS) is 14.6. The largest absolute Gasteiger partial charge is 0.314 e. The van der Waals surface area contributed by atoms with Crippen LogP contribution in [0.3, 0.4) is 0 Å². The molecule has 0 aliphatic rings. The Morgan fingerprint density at radius 1 is 1.00 bits per heavy atom. The zero-order valence-corrected chi connectivity index (χ0v) is 16.8. The van der Waals surface area contributed by atoms with Gasteiger partial charge in [0.05, 0.1) is 0 Å². The molecule has 1 atom stereocenters. The van der Waals surface area contributed by atoms with Crippen molar-refractivity contribution in [1.82, 2.24) is 13.3 Å². The molecule has 0 saturated carbocycles. The second-order valence-electron chi connectivity index (χ2n) is 7.25. The predicted octanol–water partition coefficient (Wildman–Crippen LogP) is 3.78. The molecular formula is C16H36IN3. The lowest BCUT2D eigenvalue weighted by atomic mass is 10.1. The quantitative estimate of drug-likeness (QED) is 0.344. The average Bonchev–Trinajstić information content (AvgIpc) is 2.32. The summed E-state index contributed by atoms with van der Waals surface area (Å²) in [6, 6.07) is 0.625. The van der Waals surface area contributed by atoms with Gasteiger partial charge in [-0.05, 0) is 73.1 Å². The van der Waals surface area contributed by atoms with Gasteiger partial charge in [0.15, 0.2) is 0 Å². The molecule has 0 aromatic heterocycles. The van der Waals surface area contributed by atoms with E-state index in [2.05, 4.69) is 84.8 Å². The summed E-state index contributed by atoms with van der Waals surface area (Å²) < 4.78 is 2.41. The van der Waals surface area contributed by atoms with Crippen molar-refractivity contribution in [2.45, 2.75) is 66.0 Å². The molecule has 1 N–H and O–H groups in total. The molecule has 0 heterocycles. The molecule has 20 heavy (non-hydrogen) atoms. The third-order valence-electron chi connectivity index (χ3n) is 3.81. The van der Waals surface area contributed by atoms with Crippen LogP contribution in [0.15, 0.2) is 0 Å². The zero-order chi connectivity index (χ0) is 15.8. The summed E-state index contributed by atoms with van der Waals surface area (Å²) >= 11 is 2.45. The van der Waals surface area contributed by atoms with Gasteiger partial charge < -0.3 is 10.2 Å². The molecule has 0 amide bonds. The fourth-order valence-corrected chi connectivity index (χ4v) is 2.18. The van der Waals surface area contributed by atoms with Crippen LogP contribution in [-0.2, 0) is 0 Å². The van der Waals surface area contributed by atoms with Crippen LogP contribution >= 0.6 is 22.9 Å². The topological polar surface area (TPSA) is 18.5 Å². The van der Waals surface area contributed by atoms with Crippen LogP contribution in [0.25, 0.3) is 0 Å². The van der Waals surface area contributed by atoms with Crippen LogP contribution in [0.2, 0.25) is 0 Å². The zero-order valence-electron chi connectivity index (χ0n) is 14.7. The highest BCUT2D eigenvalue weighted by Crippen LogP contribution is 2.18. The van der Waals surface area contributed by atoms with Crippen LogP contribution in [0.1, 0.15) is 54.4 Å². The first-order chi connectivity index (χ1) is 9.14. The van der Waals surface area contributed by atoms with Crippen molar-refractivity contribution in [1.29, 1.82) is 0 Å². The number of nitrogens with one attached hydrogen (secondary N) is 1. The minimum Gasteiger partial charge on any atom is -0.314 e. The SMILES string of the molecule is CC(C)C(C)NCCCN(C)CCCN(I)C(C)(C)C. The standard InChI is InChI=1S/C16H36IN3/c1-14(2)15(3)18-10-8-11-19(7)12-9-13-20(17)16(4,5)6/h14-15,18H,8-13H2,1-7H3. The van der Waals surface area contributed by atoms with E-state index in [4.69, 9.17) is 0 Å². The van der Waals surface area contributed by atoms with Gasteiger partial charge >= 0.3 is 0 Å². The van der Waals surface area contributed by atoms with Crippen LogP contribution in [-0.4, -0.2) is 52.8 Å². The van der Waals surface area contributed by atoms with E-state index in [9.17, 15) is 0 Å². The maximum atomic E-state index is 3.60. The van der Waals surface area contributed by atoms with Gasteiger partial charge in [-0.3, -0.25) is 0 Å². The molecule has 3 nitrogen and oxygen atoms in total. The van der Waals surface area contributed by atoms with E-state index in [-0.39, 0.29) is 5.54 Å². The van der Waals surface area contributed by atoms with Crippen molar-refractivity contribution in [3.8, 4) is 0 Å². The Morgan fingerprint density at radius 3 is 2.05 bits per heavy atom. The molecule has 0 aliphatic carbocycles. The van der Waals surface area contributed by atoms with E-state index in [1.54, 1.807) is 0 Å². The lowest BCUT2D eigenvalue weighted by Gasteiger charge is -2.30. The first-order valence-corrected chi connectivity index (χ1v) is 8.96. The molecule has 1 unspecified atom stereocenters. The monoisotopic (exact) mass is 397 g/mol. The molecule has 0 rings (SSSR count). The van der Waals surface area contributed by atoms with Gasteiger partial charge in [-0.2, -0.15) is 0 Å². The molecule has 0 spiro atoms. The highest BCUT2D eigenvalue weighted by molar-refractivity contribution is 14.1. The summed E-state index contributed by atoms with van der Waals surface area (Å²) in [5, 5.41) is 3.60. The van der Waals surface area contributed by atoms with E-state index in [1.807, 2.05) is 0 Å². The molecule has 0 aromatic carbocycles. The molecule has 0 radical (unpaired) electrons. The van der Waals surface area contributed by atoms with Gasteiger partial charge in [0.2, 0.25) is 0 Å². The lowest BCUT2D eigenvalue weighted by molar-refractivity contribution is 0.265. The van der Waals surface area contributed by atoms with Crippen LogP contribution in [0, 0.1) is 5.92 Å². The van der Waals surface area contributed by atoms with Crippen molar-refractivity contribution in [3.63, 3.8) is 0 Å². The summed E-state index contributed by atoms with van der Waals surface area (Å²) in [6.45, 7) is 18.3. The predicted molar refractivity (Wildman–Crippen MR) is 99.5 cm³/mol. The highest BCUT2D eigenvalue weighted by Gasteiger charge is 2.17. The fourth-order valence-electron chi connectivity index (χ4n) is 1.84. The van der Waals surface area contributed by atoms with E-state index < -0.39 is 0 Å². The number of halogens is 1. The van der Waals surface area contributed by atoms with Crippen molar-refractivity contribution in [3.05, 3.63) is 0 Å². The number of hydrogen-bond acceptors (Lipinski definition) is 3. The van der Waals surface area contributed by atoms with E-state index >= 15 is 0 Å². The third kappa shape index (κ3) is 10.4. The minimum absolute atomic E-state index is 0.274. The molecule has 0 fully saturated rings. The molecular weight excluding hydrogens is 361 g/mol. The van der Waals surface area contributed by atoms with Gasteiger partial charge in [0, 0.05) is 41.0 Å². The van der Waals surface area contributed by atoms with E-state index in [1.165, 1.54) is 25.9 Å². The van der Waals surface area contributed by atoms with Gasteiger partial charge in [-0.1, -0.05) is 13.8 Å². The number of hydrogen-bond donors (Lipinski definition) is 1. The Bertz CT molecular complexity index is 238. The minimum atomic E-state index is 0.274. The smallest absolute Gasteiger partial charge is 0.0220 e. The van der Waals surface area contributed by atoms with Crippen molar-refractivity contribution in [2.24, 2.45) is 5.92 Å².